The van der Waals surface area contributed by atoms with Gasteiger partial charge in [-0.1, -0.05) is 0 Å². The van der Waals surface area contributed by atoms with Crippen molar-refractivity contribution in [3.05, 3.63) is 0 Å². The summed E-state index contributed by atoms with van der Waals surface area (Å²) in [5, 5.41) is 8.26. The van der Waals surface area contributed by atoms with E-state index in [1.807, 2.05) is 6.92 Å². The van der Waals surface area contributed by atoms with Crippen LogP contribution in [-0.2, 0) is 0 Å². The zero-order chi connectivity index (χ0) is 5.70. The van der Waals surface area contributed by atoms with Crippen LogP contribution in [0.5, 0.6) is 0 Å². The van der Waals surface area contributed by atoms with Crippen LogP contribution in [0.1, 0.15) is 19.8 Å². The van der Waals surface area contributed by atoms with Crippen LogP contribution in [-0.4, -0.2) is 17.8 Å². The predicted molar refractivity (Wildman–Crippen MR) is 30.0 cm³/mol. The number of nitrogens with two attached hydrogens (primary N) is 1. The monoisotopic (exact) mass is 103 g/mol. The van der Waals surface area contributed by atoms with Crippen LogP contribution in [0.2, 0.25) is 0 Å². The highest BCUT2D eigenvalue weighted by molar-refractivity contribution is 4.50. The van der Waals surface area contributed by atoms with Crippen molar-refractivity contribution in [3.63, 3.8) is 0 Å². The molecule has 44 valence electrons. The van der Waals surface area contributed by atoms with Crippen molar-refractivity contribution in [3.8, 4) is 0 Å². The lowest BCUT2D eigenvalue weighted by Crippen LogP contribution is -2.14. The van der Waals surface area contributed by atoms with Crippen molar-refractivity contribution in [1.29, 1.82) is 0 Å². The third-order valence-electron chi connectivity index (χ3n) is 0.818. The van der Waals surface area contributed by atoms with Crippen molar-refractivity contribution in [2.24, 2.45) is 5.73 Å². The van der Waals surface area contributed by atoms with Gasteiger partial charge in [0.1, 0.15) is 0 Å². The van der Waals surface area contributed by atoms with Crippen LogP contribution in [0.3, 0.4) is 0 Å². The van der Waals surface area contributed by atoms with E-state index < -0.39 is 0 Å². The lowest BCUT2D eigenvalue weighted by molar-refractivity contribution is 0.281. The Morgan fingerprint density at radius 2 is 2.29 bits per heavy atom. The molecule has 0 aromatic rings. The van der Waals surface area contributed by atoms with Gasteiger partial charge in [0.15, 0.2) is 0 Å². The summed E-state index contributed by atoms with van der Waals surface area (Å²) in [6.45, 7) is 2.21. The highest BCUT2D eigenvalue weighted by atomic mass is 16.2. The largest absolute Gasteiger partial charge is 0.396 e. The molecule has 0 aliphatic carbocycles. The lowest BCUT2D eigenvalue weighted by Gasteiger charge is -1.99. The molecule has 0 heterocycles. The van der Waals surface area contributed by atoms with Crippen LogP contribution in [0.25, 0.3) is 0 Å². The second-order valence-electron chi connectivity index (χ2n) is 1.84. The maximum absolute atomic E-state index is 8.26. The highest BCUT2D eigenvalue weighted by Crippen LogP contribution is 1.89. The molecule has 2 nitrogen and oxygen atoms in total. The van der Waals surface area contributed by atoms with Gasteiger partial charge >= 0.3 is 0 Å². The fraction of sp³-hybridized carbons (Fsp3) is 1.00. The van der Waals surface area contributed by atoms with Crippen molar-refractivity contribution in [1.82, 2.24) is 0 Å². The Morgan fingerprint density at radius 1 is 1.71 bits per heavy atom. The fourth-order valence-corrected chi connectivity index (χ4v) is 0.413. The quantitative estimate of drug-likeness (QED) is 0.532. The zero-order valence-electron chi connectivity index (χ0n) is 4.72. The van der Waals surface area contributed by atoms with E-state index >= 15 is 0 Å². The average molecular weight is 103 g/mol. The maximum atomic E-state index is 8.26. The van der Waals surface area contributed by atoms with E-state index in [-0.39, 0.29) is 12.6 Å². The zero-order valence-corrected chi connectivity index (χ0v) is 4.72. The van der Waals surface area contributed by atoms with Gasteiger partial charge in [0, 0.05) is 12.6 Å². The fourth-order valence-electron chi connectivity index (χ4n) is 0.413. The minimum atomic E-state index is 0.243. The first-order valence-corrected chi connectivity index (χ1v) is 2.64. The van der Waals surface area contributed by atoms with E-state index in [0.717, 1.165) is 12.8 Å². The first-order chi connectivity index (χ1) is 3.27. The van der Waals surface area contributed by atoms with E-state index in [1.165, 1.54) is 0 Å². The molecule has 0 rings (SSSR count). The van der Waals surface area contributed by atoms with Crippen LogP contribution < -0.4 is 5.73 Å². The van der Waals surface area contributed by atoms with Crippen molar-refractivity contribution >= 4 is 0 Å². The number of hydrogen-bond acceptors (Lipinski definition) is 2. The van der Waals surface area contributed by atoms with E-state index in [9.17, 15) is 0 Å². The predicted octanol–water partition coefficient (Wildman–Crippen LogP) is 0.106. The van der Waals surface area contributed by atoms with Gasteiger partial charge in [0.2, 0.25) is 0 Å². The first kappa shape index (κ1) is 6.92. The maximum Gasteiger partial charge on any atom is 0.0431 e. The molecular weight excluding hydrogens is 90.1 g/mol. The molecule has 0 bridgehead atoms. The minimum absolute atomic E-state index is 0.243. The Morgan fingerprint density at radius 3 is 2.43 bits per heavy atom. The third-order valence-corrected chi connectivity index (χ3v) is 0.818. The molecule has 0 saturated carbocycles. The summed E-state index contributed by atoms with van der Waals surface area (Å²) < 4.78 is 0. The normalized spacial score (nSPS) is 14.1. The number of rotatable bonds is 3. The number of aliphatic hydroxyl groups is 1. The van der Waals surface area contributed by atoms with Gasteiger partial charge in [-0.3, -0.25) is 0 Å². The van der Waals surface area contributed by atoms with Gasteiger partial charge in [-0.15, -0.1) is 0 Å². The average Bonchev–Trinajstić information content (AvgIpc) is 1.61. The Labute approximate surface area is 44.3 Å². The molecule has 0 aliphatic heterocycles. The molecule has 0 radical (unpaired) electrons. The molecule has 0 amide bonds. The molecule has 0 spiro atoms. The molecule has 7 heavy (non-hydrogen) atoms. The molecular formula is C5H13NO. The second kappa shape index (κ2) is 4.09. The van der Waals surface area contributed by atoms with Gasteiger partial charge in [0.25, 0.3) is 0 Å². The first-order valence-electron chi connectivity index (χ1n) is 2.64. The van der Waals surface area contributed by atoms with Gasteiger partial charge in [-0.25, -0.2) is 0 Å². The Hall–Kier alpha value is -0.0800. The minimum Gasteiger partial charge on any atom is -0.396 e. The molecule has 0 aromatic heterocycles. The van der Waals surface area contributed by atoms with Gasteiger partial charge < -0.3 is 10.8 Å². The summed E-state index contributed by atoms with van der Waals surface area (Å²) >= 11 is 0. The second-order valence-corrected chi connectivity index (χ2v) is 1.84. The summed E-state index contributed by atoms with van der Waals surface area (Å²) in [5.41, 5.74) is 5.37. The van der Waals surface area contributed by atoms with Crippen molar-refractivity contribution in [2.75, 3.05) is 6.61 Å². The molecule has 1 atom stereocenters. The van der Waals surface area contributed by atoms with E-state index in [4.69, 9.17) is 10.8 Å². The summed E-state index contributed by atoms with van der Waals surface area (Å²) in [5.74, 6) is 0. The summed E-state index contributed by atoms with van der Waals surface area (Å²) in [6.07, 6.45) is 1.76. The van der Waals surface area contributed by atoms with Crippen LogP contribution in [0.4, 0.5) is 0 Å². The van der Waals surface area contributed by atoms with E-state index in [1.54, 1.807) is 0 Å². The SMILES string of the molecule is C[C@@H](N)CCCO. The topological polar surface area (TPSA) is 46.2 Å². The van der Waals surface area contributed by atoms with Crippen molar-refractivity contribution in [2.45, 2.75) is 25.8 Å². The van der Waals surface area contributed by atoms with Gasteiger partial charge in [0.05, 0.1) is 0 Å². The Bertz CT molecular complexity index is 37.1. The van der Waals surface area contributed by atoms with E-state index in [2.05, 4.69) is 0 Å². The third kappa shape index (κ3) is 5.92. The van der Waals surface area contributed by atoms with Gasteiger partial charge in [-0.05, 0) is 19.8 Å². The molecule has 0 saturated heterocycles. The molecule has 0 unspecified atom stereocenters. The molecule has 0 fully saturated rings. The van der Waals surface area contributed by atoms with Crippen molar-refractivity contribution < 1.29 is 5.11 Å². The summed E-state index contributed by atoms with van der Waals surface area (Å²) in [4.78, 5) is 0. The standard InChI is InChI=1S/C5H13NO/c1-5(6)3-2-4-7/h5,7H,2-4,6H2,1H3/t5-/m1/s1. The smallest absolute Gasteiger partial charge is 0.0431 e. The lowest BCUT2D eigenvalue weighted by atomic mass is 10.2. The van der Waals surface area contributed by atoms with Crippen LogP contribution in [0.15, 0.2) is 0 Å². The molecule has 0 aromatic carbocycles. The van der Waals surface area contributed by atoms with Crippen LogP contribution >= 0.6 is 0 Å². The molecule has 0 aliphatic rings. The highest BCUT2D eigenvalue weighted by Gasteiger charge is 1.89. The van der Waals surface area contributed by atoms with Gasteiger partial charge in [-0.2, -0.15) is 0 Å². The summed E-state index contributed by atoms with van der Waals surface area (Å²) in [7, 11) is 0. The summed E-state index contributed by atoms with van der Waals surface area (Å²) in [6, 6.07) is 0.243. The Balaban J connectivity index is 2.68. The number of aliphatic hydroxyl groups excluding tert-OH is 1. The van der Waals surface area contributed by atoms with Crippen LogP contribution in [0, 0.1) is 0 Å². The van der Waals surface area contributed by atoms with E-state index in [0.29, 0.717) is 0 Å². The molecule has 2 heteroatoms. The number of hydrogen-bond donors (Lipinski definition) is 2. The molecule has 3 N–H and O–H groups in total. The Kier molecular flexibility index (Phi) is 4.04.